The van der Waals surface area contributed by atoms with Gasteiger partial charge in [-0.05, 0) is 6.07 Å². The molecule has 0 radical (unpaired) electrons. The zero-order valence-electron chi connectivity index (χ0n) is 9.31. The van der Waals surface area contributed by atoms with E-state index in [2.05, 4.69) is 22.5 Å². The van der Waals surface area contributed by atoms with Crippen LogP contribution in [0.4, 0.5) is 17.1 Å². The zero-order valence-corrected chi connectivity index (χ0v) is 9.31. The molecule has 0 amide bonds. The predicted molar refractivity (Wildman–Crippen MR) is 66.8 cm³/mol. The Balaban J connectivity index is 3.48. The van der Waals surface area contributed by atoms with E-state index >= 15 is 0 Å². The summed E-state index contributed by atoms with van der Waals surface area (Å²) >= 11 is 0. The van der Waals surface area contributed by atoms with Gasteiger partial charge in [-0.3, -0.25) is 0 Å². The molecule has 1 aromatic carbocycles. The maximum atomic E-state index is 10.00. The molecule has 1 aromatic rings. The van der Waals surface area contributed by atoms with Crippen LogP contribution in [-0.2, 0) is 0 Å². The van der Waals surface area contributed by atoms with Crippen molar-refractivity contribution in [1.29, 1.82) is 0 Å². The number of aromatic hydroxyl groups is 1. The average molecular weight is 207 g/mol. The van der Waals surface area contributed by atoms with Gasteiger partial charge in [-0.15, -0.1) is 0 Å². The Labute approximate surface area is 90.0 Å². The molecule has 0 unspecified atom stereocenters. The van der Waals surface area contributed by atoms with Crippen molar-refractivity contribution in [2.75, 3.05) is 37.1 Å². The molecule has 4 N–H and O–H groups in total. The van der Waals surface area contributed by atoms with Crippen molar-refractivity contribution in [3.8, 4) is 5.75 Å². The monoisotopic (exact) mass is 207 g/mol. The number of hydrogen-bond acceptors (Lipinski definition) is 4. The lowest BCUT2D eigenvalue weighted by Crippen LogP contribution is -2.01. The fraction of sp³-hybridized carbons (Fsp3) is 0.273. The smallest absolute Gasteiger partial charge is 0.150 e. The number of hydrogen-bond donors (Lipinski definition) is 4. The van der Waals surface area contributed by atoms with Crippen LogP contribution < -0.4 is 16.0 Å². The number of nitrogens with one attached hydrogen (secondary N) is 3. The summed E-state index contributed by atoms with van der Waals surface area (Å²) in [7, 11) is 5.38. The summed E-state index contributed by atoms with van der Waals surface area (Å²) in [5, 5.41) is 19.0. The van der Waals surface area contributed by atoms with Crippen molar-refractivity contribution in [3.05, 3.63) is 18.2 Å². The van der Waals surface area contributed by atoms with Gasteiger partial charge in [0.1, 0.15) is 11.4 Å². The van der Waals surface area contributed by atoms with Gasteiger partial charge in [-0.2, -0.15) is 0 Å². The van der Waals surface area contributed by atoms with Gasteiger partial charge in [0.25, 0.3) is 0 Å². The SMILES string of the molecule is C=Cc1c(NC)cc(NC)c(NC)c1O. The Kier molecular flexibility index (Phi) is 3.44. The van der Waals surface area contributed by atoms with Gasteiger partial charge >= 0.3 is 0 Å². The van der Waals surface area contributed by atoms with Crippen molar-refractivity contribution in [1.82, 2.24) is 0 Å². The van der Waals surface area contributed by atoms with E-state index in [0.29, 0.717) is 11.3 Å². The van der Waals surface area contributed by atoms with E-state index in [4.69, 9.17) is 0 Å². The maximum absolute atomic E-state index is 10.00. The molecule has 0 atom stereocenters. The van der Waals surface area contributed by atoms with Gasteiger partial charge in [0.05, 0.1) is 5.69 Å². The number of phenols is 1. The number of phenolic OH excluding ortho intramolecular Hbond substituents is 1. The summed E-state index contributed by atoms with van der Waals surface area (Å²) in [6.45, 7) is 3.68. The summed E-state index contributed by atoms with van der Waals surface area (Å²) in [5.41, 5.74) is 3.04. The minimum absolute atomic E-state index is 0.198. The fourth-order valence-electron chi connectivity index (χ4n) is 1.55. The third-order valence-corrected chi connectivity index (χ3v) is 2.33. The number of anilines is 3. The van der Waals surface area contributed by atoms with E-state index in [1.54, 1.807) is 20.2 Å². The van der Waals surface area contributed by atoms with Crippen LogP contribution in [0.1, 0.15) is 5.56 Å². The number of benzene rings is 1. The summed E-state index contributed by atoms with van der Waals surface area (Å²) in [5.74, 6) is 0.198. The van der Waals surface area contributed by atoms with Crippen LogP contribution in [-0.4, -0.2) is 26.2 Å². The highest BCUT2D eigenvalue weighted by atomic mass is 16.3. The number of rotatable bonds is 4. The topological polar surface area (TPSA) is 56.3 Å². The highest BCUT2D eigenvalue weighted by molar-refractivity contribution is 5.87. The normalized spacial score (nSPS) is 9.53. The predicted octanol–water partition coefficient (Wildman–Crippen LogP) is 2.16. The Morgan fingerprint density at radius 2 is 1.73 bits per heavy atom. The van der Waals surface area contributed by atoms with Gasteiger partial charge in [-0.1, -0.05) is 12.7 Å². The van der Waals surface area contributed by atoms with Gasteiger partial charge in [-0.25, -0.2) is 0 Å². The molecular formula is C11H17N3O. The maximum Gasteiger partial charge on any atom is 0.150 e. The second kappa shape index (κ2) is 4.59. The first-order chi connectivity index (χ1) is 7.19. The molecule has 0 aliphatic rings. The molecular weight excluding hydrogens is 190 g/mol. The van der Waals surface area contributed by atoms with E-state index in [1.165, 1.54) is 0 Å². The summed E-state index contributed by atoms with van der Waals surface area (Å²) in [6.07, 6.45) is 1.63. The lowest BCUT2D eigenvalue weighted by molar-refractivity contribution is 0.477. The third kappa shape index (κ3) is 1.83. The molecule has 0 saturated heterocycles. The first-order valence-corrected chi connectivity index (χ1v) is 4.75. The van der Waals surface area contributed by atoms with E-state index in [1.807, 2.05) is 13.1 Å². The van der Waals surface area contributed by atoms with Gasteiger partial charge in [0.2, 0.25) is 0 Å². The summed E-state index contributed by atoms with van der Waals surface area (Å²) in [4.78, 5) is 0. The molecule has 0 aromatic heterocycles. The quantitative estimate of drug-likeness (QED) is 0.571. The van der Waals surface area contributed by atoms with Crippen molar-refractivity contribution >= 4 is 23.1 Å². The van der Waals surface area contributed by atoms with E-state index in [9.17, 15) is 5.11 Å². The first kappa shape index (κ1) is 11.2. The van der Waals surface area contributed by atoms with Crippen LogP contribution >= 0.6 is 0 Å². The van der Waals surface area contributed by atoms with Gasteiger partial charge in [0, 0.05) is 32.4 Å². The summed E-state index contributed by atoms with van der Waals surface area (Å²) < 4.78 is 0. The molecule has 1 rings (SSSR count). The molecule has 0 heterocycles. The van der Waals surface area contributed by atoms with Crippen LogP contribution in [0.15, 0.2) is 12.6 Å². The molecule has 0 saturated carbocycles. The molecule has 0 bridgehead atoms. The Hall–Kier alpha value is -1.84. The highest BCUT2D eigenvalue weighted by Gasteiger charge is 2.13. The van der Waals surface area contributed by atoms with Crippen LogP contribution in [0.3, 0.4) is 0 Å². The van der Waals surface area contributed by atoms with Gasteiger partial charge in [0.15, 0.2) is 0 Å². The highest BCUT2D eigenvalue weighted by Crippen LogP contribution is 2.40. The summed E-state index contributed by atoms with van der Waals surface area (Å²) in [6, 6.07) is 1.92. The zero-order chi connectivity index (χ0) is 11.4. The van der Waals surface area contributed by atoms with Crippen molar-refractivity contribution in [2.24, 2.45) is 0 Å². The Morgan fingerprint density at radius 1 is 1.13 bits per heavy atom. The Bertz CT molecular complexity index is 375. The van der Waals surface area contributed by atoms with E-state index in [0.717, 1.165) is 11.4 Å². The molecule has 15 heavy (non-hydrogen) atoms. The average Bonchev–Trinajstić information content (AvgIpc) is 2.27. The van der Waals surface area contributed by atoms with Crippen molar-refractivity contribution in [2.45, 2.75) is 0 Å². The minimum Gasteiger partial charge on any atom is -0.505 e. The Morgan fingerprint density at radius 3 is 2.13 bits per heavy atom. The van der Waals surface area contributed by atoms with Crippen LogP contribution in [0.2, 0.25) is 0 Å². The molecule has 4 heteroatoms. The molecule has 0 fully saturated rings. The van der Waals surface area contributed by atoms with Crippen molar-refractivity contribution < 1.29 is 5.11 Å². The second-order valence-corrected chi connectivity index (χ2v) is 3.06. The lowest BCUT2D eigenvalue weighted by Gasteiger charge is -2.16. The molecule has 82 valence electrons. The first-order valence-electron chi connectivity index (χ1n) is 4.75. The van der Waals surface area contributed by atoms with Gasteiger partial charge < -0.3 is 21.1 Å². The third-order valence-electron chi connectivity index (χ3n) is 2.33. The van der Waals surface area contributed by atoms with Crippen LogP contribution in [0.5, 0.6) is 5.75 Å². The minimum atomic E-state index is 0.198. The lowest BCUT2D eigenvalue weighted by atomic mass is 10.1. The van der Waals surface area contributed by atoms with Crippen LogP contribution in [0, 0.1) is 0 Å². The molecule has 0 aliphatic heterocycles. The van der Waals surface area contributed by atoms with Crippen LogP contribution in [0.25, 0.3) is 6.08 Å². The molecule has 4 nitrogen and oxygen atoms in total. The fourth-order valence-corrected chi connectivity index (χ4v) is 1.55. The molecule has 0 aliphatic carbocycles. The largest absolute Gasteiger partial charge is 0.505 e. The van der Waals surface area contributed by atoms with Crippen molar-refractivity contribution in [3.63, 3.8) is 0 Å². The standard InChI is InChI=1S/C11H17N3O/c1-5-7-8(12-2)6-9(13-3)10(14-4)11(7)15/h5-6,12-15H,1H2,2-4H3. The second-order valence-electron chi connectivity index (χ2n) is 3.06. The van der Waals surface area contributed by atoms with E-state index < -0.39 is 0 Å². The van der Waals surface area contributed by atoms with E-state index in [-0.39, 0.29) is 5.75 Å². The molecule has 0 spiro atoms.